The molecule has 30 heavy (non-hydrogen) atoms. The van der Waals surface area contributed by atoms with Crippen molar-refractivity contribution >= 4 is 17.6 Å². The van der Waals surface area contributed by atoms with Crippen molar-refractivity contribution in [3.8, 4) is 0 Å². The van der Waals surface area contributed by atoms with E-state index in [2.05, 4.69) is 44.5 Å². The van der Waals surface area contributed by atoms with Crippen molar-refractivity contribution in [2.24, 2.45) is 0 Å². The highest BCUT2D eigenvalue weighted by Gasteiger charge is 2.39. The first kappa shape index (κ1) is 22.0. The summed E-state index contributed by atoms with van der Waals surface area (Å²) in [4.78, 5) is 22.8. The molecule has 0 radical (unpaired) electrons. The Morgan fingerprint density at radius 3 is 2.30 bits per heavy atom. The van der Waals surface area contributed by atoms with E-state index < -0.39 is 5.97 Å². The number of ether oxygens (including phenoxy) is 2. The van der Waals surface area contributed by atoms with E-state index in [4.69, 9.17) is 9.47 Å². The van der Waals surface area contributed by atoms with E-state index in [1.165, 1.54) is 30.1 Å². The summed E-state index contributed by atoms with van der Waals surface area (Å²) in [5, 5.41) is 3.50. The third-order valence-corrected chi connectivity index (χ3v) is 5.52. The summed E-state index contributed by atoms with van der Waals surface area (Å²) in [6.45, 7) is 9.55. The number of esters is 1. The molecule has 0 unspecified atom stereocenters. The summed E-state index contributed by atoms with van der Waals surface area (Å²) in [7, 11) is 0. The molecule has 1 saturated heterocycles. The van der Waals surface area contributed by atoms with Gasteiger partial charge in [-0.1, -0.05) is 26.0 Å². The van der Waals surface area contributed by atoms with Gasteiger partial charge in [-0.2, -0.15) is 0 Å². The highest BCUT2D eigenvalue weighted by atomic mass is 16.5. The van der Waals surface area contributed by atoms with Crippen LogP contribution in [0.4, 0.5) is 11.6 Å². The van der Waals surface area contributed by atoms with Gasteiger partial charge in [0.15, 0.2) is 0 Å². The first-order valence-electron chi connectivity index (χ1n) is 10.9. The average molecular weight is 413 g/mol. The fraction of sp³-hybridized carbons (Fsp3) is 0.522. The number of hydrogen-bond acceptors (Lipinski definition) is 7. The lowest BCUT2D eigenvalue weighted by molar-refractivity contribution is 0.0525. The predicted octanol–water partition coefficient (Wildman–Crippen LogP) is 4.01. The van der Waals surface area contributed by atoms with Crippen LogP contribution in [0.1, 0.15) is 56.0 Å². The number of carbonyl (C=O) groups is 1. The zero-order valence-electron chi connectivity index (χ0n) is 18.2. The van der Waals surface area contributed by atoms with E-state index in [-0.39, 0.29) is 5.54 Å². The minimum Gasteiger partial charge on any atom is -0.462 e. The molecule has 7 heteroatoms. The maximum Gasteiger partial charge on any atom is 0.341 e. The van der Waals surface area contributed by atoms with Crippen molar-refractivity contribution in [1.29, 1.82) is 0 Å². The summed E-state index contributed by atoms with van der Waals surface area (Å²) >= 11 is 0. The molecule has 1 aromatic heterocycles. The lowest BCUT2D eigenvalue weighted by atomic mass is 9.72. The zero-order valence-corrected chi connectivity index (χ0v) is 18.2. The Hall–Kier alpha value is -2.67. The third-order valence-electron chi connectivity index (χ3n) is 5.52. The maximum atomic E-state index is 11.8. The second-order valence-corrected chi connectivity index (χ2v) is 7.22. The van der Waals surface area contributed by atoms with Crippen LogP contribution in [-0.4, -0.2) is 48.8 Å². The summed E-state index contributed by atoms with van der Waals surface area (Å²) in [6, 6.07) is 8.77. The van der Waals surface area contributed by atoms with Gasteiger partial charge >= 0.3 is 5.97 Å². The molecule has 1 aliphatic heterocycles. The monoisotopic (exact) mass is 412 g/mol. The van der Waals surface area contributed by atoms with Gasteiger partial charge in [-0.15, -0.1) is 0 Å². The largest absolute Gasteiger partial charge is 0.462 e. The fourth-order valence-corrected chi connectivity index (χ4v) is 3.76. The molecule has 2 aliphatic rings. The molecule has 2 fully saturated rings. The molecule has 4 rings (SSSR count). The Morgan fingerprint density at radius 2 is 1.77 bits per heavy atom. The van der Waals surface area contributed by atoms with Crippen LogP contribution in [0.25, 0.3) is 0 Å². The standard InChI is InChI=1S/C21H26N4O3.C2H6/c1-2-28-19(26)16-14-22-20(23-15-16)24-21(8-3-9-21)17-4-6-18(7-5-17)25-10-12-27-13-11-25;1-2/h4-7,14-15H,2-3,8-13H2,1H3,(H,22,23,24);1-2H3. The molecule has 2 heterocycles. The summed E-state index contributed by atoms with van der Waals surface area (Å²) < 4.78 is 10.4. The quantitative estimate of drug-likeness (QED) is 0.719. The third kappa shape index (κ3) is 4.90. The molecule has 1 aromatic carbocycles. The van der Waals surface area contributed by atoms with Gasteiger partial charge < -0.3 is 19.7 Å². The van der Waals surface area contributed by atoms with Crippen molar-refractivity contribution in [3.05, 3.63) is 47.8 Å². The van der Waals surface area contributed by atoms with Crippen molar-refractivity contribution in [2.45, 2.75) is 45.6 Å². The number of nitrogens with one attached hydrogen (secondary N) is 1. The van der Waals surface area contributed by atoms with E-state index in [1.54, 1.807) is 6.92 Å². The van der Waals surface area contributed by atoms with Crippen molar-refractivity contribution in [2.75, 3.05) is 43.1 Å². The smallest absolute Gasteiger partial charge is 0.341 e. The lowest BCUT2D eigenvalue weighted by Crippen LogP contribution is -2.42. The normalized spacial score (nSPS) is 17.2. The van der Waals surface area contributed by atoms with Gasteiger partial charge in [-0.25, -0.2) is 14.8 Å². The predicted molar refractivity (Wildman–Crippen MR) is 118 cm³/mol. The van der Waals surface area contributed by atoms with Crippen molar-refractivity contribution < 1.29 is 14.3 Å². The van der Waals surface area contributed by atoms with Crippen LogP contribution in [0.2, 0.25) is 0 Å². The number of rotatable bonds is 6. The van der Waals surface area contributed by atoms with Crippen LogP contribution in [0.5, 0.6) is 0 Å². The molecule has 1 aliphatic carbocycles. The minimum atomic E-state index is -0.397. The van der Waals surface area contributed by atoms with Gasteiger partial charge in [-0.05, 0) is 43.9 Å². The molecular weight excluding hydrogens is 380 g/mol. The zero-order chi connectivity index (χ0) is 21.4. The molecule has 2 aromatic rings. The topological polar surface area (TPSA) is 76.6 Å². The average Bonchev–Trinajstić information content (AvgIpc) is 2.79. The minimum absolute atomic E-state index is 0.144. The van der Waals surface area contributed by atoms with Gasteiger partial charge in [0.25, 0.3) is 0 Å². The molecule has 162 valence electrons. The highest BCUT2D eigenvalue weighted by Crippen LogP contribution is 2.43. The van der Waals surface area contributed by atoms with Gasteiger partial charge in [0, 0.05) is 31.2 Å². The Bertz CT molecular complexity index is 798. The van der Waals surface area contributed by atoms with Gasteiger partial charge in [0.05, 0.1) is 30.9 Å². The van der Waals surface area contributed by atoms with E-state index in [0.717, 1.165) is 39.1 Å². The van der Waals surface area contributed by atoms with Crippen LogP contribution in [0.3, 0.4) is 0 Å². The number of morpholine rings is 1. The molecule has 1 N–H and O–H groups in total. The first-order chi connectivity index (χ1) is 14.7. The van der Waals surface area contributed by atoms with Crippen LogP contribution < -0.4 is 10.2 Å². The molecule has 7 nitrogen and oxygen atoms in total. The fourth-order valence-electron chi connectivity index (χ4n) is 3.76. The lowest BCUT2D eigenvalue weighted by Gasteiger charge is -2.43. The van der Waals surface area contributed by atoms with Crippen LogP contribution in [-0.2, 0) is 15.0 Å². The highest BCUT2D eigenvalue weighted by molar-refractivity contribution is 5.88. The van der Waals surface area contributed by atoms with Crippen molar-refractivity contribution in [1.82, 2.24) is 9.97 Å². The Kier molecular flexibility index (Phi) is 7.63. The van der Waals surface area contributed by atoms with E-state index in [0.29, 0.717) is 18.1 Å². The number of benzene rings is 1. The molecule has 0 spiro atoms. The summed E-state index contributed by atoms with van der Waals surface area (Å²) in [5.74, 6) is 0.135. The number of nitrogens with zero attached hydrogens (tertiary/aromatic N) is 3. The molecule has 1 saturated carbocycles. The first-order valence-corrected chi connectivity index (χ1v) is 10.9. The van der Waals surface area contributed by atoms with Crippen LogP contribution in [0, 0.1) is 0 Å². The number of carbonyl (C=O) groups excluding carboxylic acids is 1. The molecule has 0 atom stereocenters. The van der Waals surface area contributed by atoms with Gasteiger partial charge in [0.1, 0.15) is 0 Å². The number of anilines is 2. The Labute approximate surface area is 178 Å². The van der Waals surface area contributed by atoms with Gasteiger partial charge in [-0.3, -0.25) is 0 Å². The Morgan fingerprint density at radius 1 is 1.13 bits per heavy atom. The molecule has 0 amide bonds. The second-order valence-electron chi connectivity index (χ2n) is 7.22. The second kappa shape index (κ2) is 10.4. The summed E-state index contributed by atoms with van der Waals surface area (Å²) in [5.41, 5.74) is 2.70. The molecular formula is C23H32N4O3. The Balaban J connectivity index is 0.00000124. The van der Waals surface area contributed by atoms with E-state index in [9.17, 15) is 4.79 Å². The maximum absolute atomic E-state index is 11.8. The van der Waals surface area contributed by atoms with Crippen LogP contribution in [0.15, 0.2) is 36.7 Å². The summed E-state index contributed by atoms with van der Waals surface area (Å²) in [6.07, 6.45) is 6.27. The van der Waals surface area contributed by atoms with E-state index >= 15 is 0 Å². The van der Waals surface area contributed by atoms with Crippen LogP contribution >= 0.6 is 0 Å². The molecule has 0 bridgehead atoms. The van der Waals surface area contributed by atoms with Gasteiger partial charge in [0.2, 0.25) is 5.95 Å². The number of hydrogen-bond donors (Lipinski definition) is 1. The number of aromatic nitrogens is 2. The van der Waals surface area contributed by atoms with Crippen molar-refractivity contribution in [3.63, 3.8) is 0 Å². The van der Waals surface area contributed by atoms with E-state index in [1.807, 2.05) is 13.8 Å². The SMILES string of the molecule is CC.CCOC(=O)c1cnc(NC2(c3ccc(N4CCOCC4)cc3)CCC2)nc1.